The van der Waals surface area contributed by atoms with Crippen molar-refractivity contribution in [3.63, 3.8) is 0 Å². The van der Waals surface area contributed by atoms with E-state index >= 15 is 0 Å². The number of pyridine rings is 1. The van der Waals surface area contributed by atoms with E-state index in [1.807, 2.05) is 30.3 Å². The van der Waals surface area contributed by atoms with Gasteiger partial charge in [-0.2, -0.15) is 0 Å². The van der Waals surface area contributed by atoms with E-state index in [-0.39, 0.29) is 17.5 Å². The number of hydrogen-bond donors (Lipinski definition) is 2. The average molecular weight is 311 g/mol. The van der Waals surface area contributed by atoms with Crippen LogP contribution < -0.4 is 16.2 Å². The molecule has 0 radical (unpaired) electrons. The van der Waals surface area contributed by atoms with Crippen LogP contribution in [-0.2, 0) is 11.3 Å². The second kappa shape index (κ2) is 7.24. The second-order valence-electron chi connectivity index (χ2n) is 5.83. The Bertz CT molecular complexity index is 719. The van der Waals surface area contributed by atoms with Gasteiger partial charge >= 0.3 is 0 Å². The lowest BCUT2D eigenvalue weighted by molar-refractivity contribution is -0.118. The normalized spacial score (nSPS) is 17.7. The number of rotatable bonds is 4. The zero-order valence-corrected chi connectivity index (χ0v) is 13.0. The van der Waals surface area contributed by atoms with E-state index in [4.69, 9.17) is 0 Å². The van der Waals surface area contributed by atoms with Gasteiger partial charge in [-0.25, -0.2) is 0 Å². The smallest absolute Gasteiger partial charge is 0.274 e. The van der Waals surface area contributed by atoms with Crippen LogP contribution in [0.4, 0.5) is 5.69 Å². The molecule has 2 heterocycles. The van der Waals surface area contributed by atoms with E-state index in [9.17, 15) is 9.59 Å². The quantitative estimate of drug-likeness (QED) is 0.907. The molecule has 0 aliphatic carbocycles. The molecule has 5 nitrogen and oxygen atoms in total. The summed E-state index contributed by atoms with van der Waals surface area (Å²) in [5.74, 6) is -0.126. The van der Waals surface area contributed by atoms with Gasteiger partial charge in [-0.1, -0.05) is 36.8 Å². The lowest BCUT2D eigenvalue weighted by Crippen LogP contribution is -2.44. The third kappa shape index (κ3) is 3.87. The Morgan fingerprint density at radius 3 is 2.74 bits per heavy atom. The Labute approximate surface area is 135 Å². The maximum atomic E-state index is 12.5. The number of nitrogens with one attached hydrogen (secondary N) is 2. The number of hydrogen-bond acceptors (Lipinski definition) is 3. The molecule has 1 aliphatic heterocycles. The molecule has 1 amide bonds. The van der Waals surface area contributed by atoms with Crippen molar-refractivity contribution >= 4 is 11.6 Å². The van der Waals surface area contributed by atoms with E-state index in [2.05, 4.69) is 10.6 Å². The van der Waals surface area contributed by atoms with Gasteiger partial charge in [0, 0.05) is 6.20 Å². The van der Waals surface area contributed by atoms with E-state index in [0.29, 0.717) is 12.2 Å². The number of amides is 1. The standard InChI is InChI=1S/C18H21N3O2/c22-17(15-9-4-5-11-19-15)20-16-10-6-12-21(18(16)23)13-14-7-2-1-3-8-14/h1-3,6-8,10,12,15,19H,4-5,9,11,13H2,(H,20,22). The molecular formula is C18H21N3O2. The minimum Gasteiger partial charge on any atom is -0.320 e. The third-order valence-corrected chi connectivity index (χ3v) is 4.10. The molecule has 0 saturated carbocycles. The summed E-state index contributed by atoms with van der Waals surface area (Å²) in [6.45, 7) is 1.34. The van der Waals surface area contributed by atoms with Crippen LogP contribution in [0, 0.1) is 0 Å². The zero-order chi connectivity index (χ0) is 16.1. The first-order chi connectivity index (χ1) is 11.2. The number of nitrogens with zero attached hydrogens (tertiary/aromatic N) is 1. The van der Waals surface area contributed by atoms with Crippen molar-refractivity contribution in [2.45, 2.75) is 31.8 Å². The molecule has 1 atom stereocenters. The minimum absolute atomic E-state index is 0.126. The van der Waals surface area contributed by atoms with Crippen LogP contribution in [0.2, 0.25) is 0 Å². The van der Waals surface area contributed by atoms with Crippen LogP contribution >= 0.6 is 0 Å². The lowest BCUT2D eigenvalue weighted by atomic mass is 10.0. The molecule has 1 aromatic heterocycles. The number of benzene rings is 1. The molecule has 23 heavy (non-hydrogen) atoms. The molecule has 120 valence electrons. The summed E-state index contributed by atoms with van der Waals surface area (Å²) >= 11 is 0. The molecule has 0 spiro atoms. The largest absolute Gasteiger partial charge is 0.320 e. The summed E-state index contributed by atoms with van der Waals surface area (Å²) in [4.78, 5) is 24.8. The highest BCUT2D eigenvalue weighted by Crippen LogP contribution is 2.09. The van der Waals surface area contributed by atoms with Crippen molar-refractivity contribution in [1.29, 1.82) is 0 Å². The Hall–Kier alpha value is -2.40. The van der Waals surface area contributed by atoms with Crippen molar-refractivity contribution in [3.8, 4) is 0 Å². The topological polar surface area (TPSA) is 63.1 Å². The van der Waals surface area contributed by atoms with Crippen LogP contribution in [-0.4, -0.2) is 23.1 Å². The summed E-state index contributed by atoms with van der Waals surface area (Å²) in [5.41, 5.74) is 1.20. The maximum Gasteiger partial charge on any atom is 0.274 e. The third-order valence-electron chi connectivity index (χ3n) is 4.10. The molecule has 1 saturated heterocycles. The van der Waals surface area contributed by atoms with E-state index < -0.39 is 0 Å². The van der Waals surface area contributed by atoms with E-state index in [0.717, 1.165) is 31.4 Å². The number of anilines is 1. The van der Waals surface area contributed by atoms with Crippen molar-refractivity contribution in [2.75, 3.05) is 11.9 Å². The van der Waals surface area contributed by atoms with Crippen LogP contribution in [0.5, 0.6) is 0 Å². The van der Waals surface area contributed by atoms with Crippen LogP contribution in [0.3, 0.4) is 0 Å². The fourth-order valence-corrected chi connectivity index (χ4v) is 2.83. The van der Waals surface area contributed by atoms with Gasteiger partial charge in [-0.05, 0) is 37.1 Å². The molecule has 0 bridgehead atoms. The summed E-state index contributed by atoms with van der Waals surface area (Å²) in [6.07, 6.45) is 4.69. The molecule has 1 fully saturated rings. The van der Waals surface area contributed by atoms with Gasteiger partial charge in [0.05, 0.1) is 12.6 Å². The summed E-state index contributed by atoms with van der Waals surface area (Å²) < 4.78 is 1.61. The first kappa shape index (κ1) is 15.5. The average Bonchev–Trinajstić information content (AvgIpc) is 2.60. The number of carbonyl (C=O) groups excluding carboxylic acids is 1. The second-order valence-corrected chi connectivity index (χ2v) is 5.83. The Kier molecular flexibility index (Phi) is 4.88. The molecule has 2 N–H and O–H groups in total. The van der Waals surface area contributed by atoms with Gasteiger partial charge in [-0.3, -0.25) is 9.59 Å². The van der Waals surface area contributed by atoms with Crippen molar-refractivity contribution in [3.05, 3.63) is 64.6 Å². The molecule has 5 heteroatoms. The zero-order valence-electron chi connectivity index (χ0n) is 13.0. The highest BCUT2D eigenvalue weighted by atomic mass is 16.2. The molecule has 1 aliphatic rings. The Balaban J connectivity index is 1.74. The van der Waals surface area contributed by atoms with Crippen molar-refractivity contribution in [1.82, 2.24) is 9.88 Å². The van der Waals surface area contributed by atoms with Crippen LogP contribution in [0.1, 0.15) is 24.8 Å². The summed E-state index contributed by atoms with van der Waals surface area (Å²) in [5, 5.41) is 5.96. The Morgan fingerprint density at radius 2 is 2.00 bits per heavy atom. The minimum atomic E-state index is -0.203. The SMILES string of the molecule is O=C(Nc1cccn(Cc2ccccc2)c1=O)C1CCCCN1. The van der Waals surface area contributed by atoms with Gasteiger partial charge in [0.25, 0.3) is 5.56 Å². The molecule has 3 rings (SSSR count). The van der Waals surface area contributed by atoms with Gasteiger partial charge in [0.15, 0.2) is 0 Å². The van der Waals surface area contributed by atoms with Crippen LogP contribution in [0.25, 0.3) is 0 Å². The van der Waals surface area contributed by atoms with Gasteiger partial charge in [0.2, 0.25) is 5.91 Å². The van der Waals surface area contributed by atoms with Gasteiger partial charge in [0.1, 0.15) is 5.69 Å². The highest BCUT2D eigenvalue weighted by Gasteiger charge is 2.21. The molecule has 2 aromatic rings. The summed E-state index contributed by atoms with van der Waals surface area (Å²) in [6, 6.07) is 13.0. The van der Waals surface area contributed by atoms with E-state index in [1.54, 1.807) is 22.9 Å². The first-order valence-corrected chi connectivity index (χ1v) is 8.02. The number of aromatic nitrogens is 1. The Morgan fingerprint density at radius 1 is 1.17 bits per heavy atom. The predicted octanol–water partition coefficient (Wildman–Crippen LogP) is 1.98. The maximum absolute atomic E-state index is 12.5. The lowest BCUT2D eigenvalue weighted by Gasteiger charge is -2.22. The molecular weight excluding hydrogens is 290 g/mol. The van der Waals surface area contributed by atoms with Gasteiger partial charge < -0.3 is 15.2 Å². The monoisotopic (exact) mass is 311 g/mol. The number of carbonyl (C=O) groups is 1. The molecule has 1 unspecified atom stereocenters. The van der Waals surface area contributed by atoms with Crippen molar-refractivity contribution < 1.29 is 4.79 Å². The van der Waals surface area contributed by atoms with E-state index in [1.165, 1.54) is 0 Å². The first-order valence-electron chi connectivity index (χ1n) is 8.02. The fourth-order valence-electron chi connectivity index (χ4n) is 2.83. The van der Waals surface area contributed by atoms with Crippen molar-refractivity contribution in [2.24, 2.45) is 0 Å². The predicted molar refractivity (Wildman–Crippen MR) is 90.5 cm³/mol. The van der Waals surface area contributed by atoms with Gasteiger partial charge in [-0.15, -0.1) is 0 Å². The number of piperidine rings is 1. The summed E-state index contributed by atoms with van der Waals surface area (Å²) in [7, 11) is 0. The highest BCUT2D eigenvalue weighted by molar-refractivity contribution is 5.94. The fraction of sp³-hybridized carbons (Fsp3) is 0.333. The van der Waals surface area contributed by atoms with Crippen LogP contribution in [0.15, 0.2) is 53.5 Å². The molecule has 1 aromatic carbocycles.